The molecule has 0 atom stereocenters. The second kappa shape index (κ2) is 8.36. The summed E-state index contributed by atoms with van der Waals surface area (Å²) in [5.41, 5.74) is 0.883. The van der Waals surface area contributed by atoms with Crippen LogP contribution in [0.3, 0.4) is 0 Å². The largest absolute Gasteiger partial charge is 0.356 e. The van der Waals surface area contributed by atoms with Crippen LogP contribution in [0.5, 0.6) is 0 Å². The predicted octanol–water partition coefficient (Wildman–Crippen LogP) is 1.87. The van der Waals surface area contributed by atoms with Crippen LogP contribution in [0.25, 0.3) is 5.65 Å². The van der Waals surface area contributed by atoms with Gasteiger partial charge in [-0.05, 0) is 30.9 Å². The normalized spacial score (nSPS) is 12.1. The van der Waals surface area contributed by atoms with Crippen molar-refractivity contribution in [3.8, 4) is 0 Å². The van der Waals surface area contributed by atoms with Gasteiger partial charge in [-0.2, -0.15) is 0 Å². The molecule has 0 radical (unpaired) electrons. The zero-order valence-corrected chi connectivity index (χ0v) is 13.7. The van der Waals surface area contributed by atoms with Gasteiger partial charge >= 0.3 is 0 Å². The third kappa shape index (κ3) is 4.72. The Morgan fingerprint density at radius 3 is 2.82 bits per heavy atom. The SMILES string of the molecule is CN=C(NCCCC(C)C)NCCc1nnc2ccccn12. The summed E-state index contributed by atoms with van der Waals surface area (Å²) in [7, 11) is 1.80. The highest BCUT2D eigenvalue weighted by Gasteiger charge is 2.04. The highest BCUT2D eigenvalue weighted by Crippen LogP contribution is 2.03. The molecule has 0 saturated carbocycles. The molecule has 0 bridgehead atoms. The van der Waals surface area contributed by atoms with Crippen molar-refractivity contribution in [1.82, 2.24) is 25.2 Å². The predicted molar refractivity (Wildman–Crippen MR) is 90.1 cm³/mol. The molecule has 22 heavy (non-hydrogen) atoms. The highest BCUT2D eigenvalue weighted by molar-refractivity contribution is 5.79. The summed E-state index contributed by atoms with van der Waals surface area (Å²) in [4.78, 5) is 4.24. The lowest BCUT2D eigenvalue weighted by atomic mass is 10.1. The molecule has 0 aliphatic heterocycles. The average molecular weight is 302 g/mol. The second-order valence-corrected chi connectivity index (χ2v) is 5.76. The van der Waals surface area contributed by atoms with Gasteiger partial charge in [-0.3, -0.25) is 9.39 Å². The van der Waals surface area contributed by atoms with E-state index in [9.17, 15) is 0 Å². The molecule has 0 aliphatic rings. The van der Waals surface area contributed by atoms with Crippen LogP contribution in [0.15, 0.2) is 29.4 Å². The van der Waals surface area contributed by atoms with Gasteiger partial charge < -0.3 is 10.6 Å². The van der Waals surface area contributed by atoms with Gasteiger partial charge in [-0.15, -0.1) is 10.2 Å². The summed E-state index contributed by atoms with van der Waals surface area (Å²) in [5.74, 6) is 2.55. The lowest BCUT2D eigenvalue weighted by molar-refractivity contribution is 0.549. The molecular formula is C16H26N6. The Morgan fingerprint density at radius 2 is 2.05 bits per heavy atom. The smallest absolute Gasteiger partial charge is 0.190 e. The number of nitrogens with zero attached hydrogens (tertiary/aromatic N) is 4. The minimum Gasteiger partial charge on any atom is -0.356 e. The Kier molecular flexibility index (Phi) is 6.18. The number of aliphatic imine (C=N–C) groups is 1. The molecule has 0 aliphatic carbocycles. The molecule has 0 fully saturated rings. The summed E-state index contributed by atoms with van der Waals surface area (Å²) >= 11 is 0. The summed E-state index contributed by atoms with van der Waals surface area (Å²) in [5, 5.41) is 15.0. The Labute approximate surface area is 132 Å². The maximum absolute atomic E-state index is 4.24. The van der Waals surface area contributed by atoms with Crippen molar-refractivity contribution in [2.45, 2.75) is 33.1 Å². The van der Waals surface area contributed by atoms with Crippen LogP contribution >= 0.6 is 0 Å². The number of guanidine groups is 1. The first-order chi connectivity index (χ1) is 10.7. The van der Waals surface area contributed by atoms with Crippen LogP contribution in [-0.2, 0) is 6.42 Å². The Bertz CT molecular complexity index is 601. The number of aromatic nitrogens is 3. The van der Waals surface area contributed by atoms with E-state index in [1.165, 1.54) is 6.42 Å². The fraction of sp³-hybridized carbons (Fsp3) is 0.562. The lowest BCUT2D eigenvalue weighted by Crippen LogP contribution is -2.38. The Balaban J connectivity index is 1.74. The average Bonchev–Trinajstić information content (AvgIpc) is 2.93. The molecule has 2 aromatic heterocycles. The van der Waals surface area contributed by atoms with Crippen molar-refractivity contribution < 1.29 is 0 Å². The standard InChI is InChI=1S/C16H26N6/c1-13(2)7-6-10-18-16(17-3)19-11-9-15-21-20-14-8-4-5-12-22(14)15/h4-5,8,12-13H,6-7,9-11H2,1-3H3,(H2,17,18,19). The van der Waals surface area contributed by atoms with Crippen molar-refractivity contribution in [3.63, 3.8) is 0 Å². The summed E-state index contributed by atoms with van der Waals surface area (Å²) in [6.07, 6.45) is 5.18. The van der Waals surface area contributed by atoms with Gasteiger partial charge in [0, 0.05) is 32.8 Å². The lowest BCUT2D eigenvalue weighted by Gasteiger charge is -2.12. The van der Waals surface area contributed by atoms with Gasteiger partial charge in [0.05, 0.1) is 0 Å². The fourth-order valence-corrected chi connectivity index (χ4v) is 2.29. The molecule has 6 nitrogen and oxygen atoms in total. The third-order valence-corrected chi connectivity index (χ3v) is 3.50. The molecule has 6 heteroatoms. The van der Waals surface area contributed by atoms with Crippen LogP contribution < -0.4 is 10.6 Å². The van der Waals surface area contributed by atoms with Crippen LogP contribution in [0, 0.1) is 5.92 Å². The number of rotatable bonds is 7. The minimum absolute atomic E-state index is 0.748. The number of hydrogen-bond donors (Lipinski definition) is 2. The van der Waals surface area contributed by atoms with E-state index in [4.69, 9.17) is 0 Å². The quantitative estimate of drug-likeness (QED) is 0.465. The van der Waals surface area contributed by atoms with Gasteiger partial charge in [0.2, 0.25) is 0 Å². The van der Waals surface area contributed by atoms with Crippen molar-refractivity contribution >= 4 is 11.6 Å². The van der Waals surface area contributed by atoms with Crippen molar-refractivity contribution in [2.75, 3.05) is 20.1 Å². The van der Waals surface area contributed by atoms with Crippen LogP contribution in [0.4, 0.5) is 0 Å². The van der Waals surface area contributed by atoms with Crippen LogP contribution in [-0.4, -0.2) is 40.7 Å². The number of nitrogens with one attached hydrogen (secondary N) is 2. The van der Waals surface area contributed by atoms with Gasteiger partial charge in [-0.25, -0.2) is 0 Å². The first-order valence-electron chi connectivity index (χ1n) is 7.94. The molecule has 2 heterocycles. The van der Waals surface area contributed by atoms with Crippen LogP contribution in [0.2, 0.25) is 0 Å². The van der Waals surface area contributed by atoms with E-state index >= 15 is 0 Å². The van der Waals surface area contributed by atoms with Crippen molar-refractivity contribution in [3.05, 3.63) is 30.2 Å². The summed E-state index contributed by atoms with van der Waals surface area (Å²) in [6, 6.07) is 5.91. The van der Waals surface area contributed by atoms with Gasteiger partial charge in [0.25, 0.3) is 0 Å². The summed E-state index contributed by atoms with van der Waals surface area (Å²) < 4.78 is 2.01. The topological polar surface area (TPSA) is 66.6 Å². The van der Waals surface area contributed by atoms with E-state index in [-0.39, 0.29) is 0 Å². The first-order valence-corrected chi connectivity index (χ1v) is 7.94. The zero-order valence-electron chi connectivity index (χ0n) is 13.7. The molecule has 0 spiro atoms. The Hall–Kier alpha value is -2.11. The monoisotopic (exact) mass is 302 g/mol. The van der Waals surface area contributed by atoms with Gasteiger partial charge in [0.1, 0.15) is 5.82 Å². The molecule has 0 unspecified atom stereocenters. The minimum atomic E-state index is 0.748. The third-order valence-electron chi connectivity index (χ3n) is 3.50. The molecule has 2 rings (SSSR count). The molecule has 2 aromatic rings. The molecule has 2 N–H and O–H groups in total. The number of pyridine rings is 1. The van der Waals surface area contributed by atoms with E-state index in [1.807, 2.05) is 28.8 Å². The molecule has 0 amide bonds. The van der Waals surface area contributed by atoms with Gasteiger partial charge in [-0.1, -0.05) is 19.9 Å². The second-order valence-electron chi connectivity index (χ2n) is 5.76. The molecule has 120 valence electrons. The van der Waals surface area contributed by atoms with E-state index < -0.39 is 0 Å². The maximum atomic E-state index is 4.24. The zero-order chi connectivity index (χ0) is 15.8. The molecule has 0 saturated heterocycles. The van der Waals surface area contributed by atoms with E-state index in [0.717, 1.165) is 49.3 Å². The highest BCUT2D eigenvalue weighted by atomic mass is 15.2. The van der Waals surface area contributed by atoms with Crippen LogP contribution in [0.1, 0.15) is 32.5 Å². The maximum Gasteiger partial charge on any atom is 0.190 e. The van der Waals surface area contributed by atoms with Crippen molar-refractivity contribution in [2.24, 2.45) is 10.9 Å². The number of fused-ring (bicyclic) bond motifs is 1. The Morgan fingerprint density at radius 1 is 1.23 bits per heavy atom. The van der Waals surface area contributed by atoms with Crippen molar-refractivity contribution in [1.29, 1.82) is 0 Å². The summed E-state index contributed by atoms with van der Waals surface area (Å²) in [6.45, 7) is 6.22. The van der Waals surface area contributed by atoms with Gasteiger partial charge in [0.15, 0.2) is 11.6 Å². The molecule has 0 aromatic carbocycles. The first kappa shape index (κ1) is 16.3. The number of hydrogen-bond acceptors (Lipinski definition) is 3. The fourth-order valence-electron chi connectivity index (χ4n) is 2.29. The molecular weight excluding hydrogens is 276 g/mol. The van der Waals surface area contributed by atoms with E-state index in [0.29, 0.717) is 0 Å². The van der Waals surface area contributed by atoms with E-state index in [2.05, 4.69) is 39.7 Å². The van der Waals surface area contributed by atoms with E-state index in [1.54, 1.807) is 7.05 Å².